The molecule has 0 radical (unpaired) electrons. The first-order chi connectivity index (χ1) is 9.38. The Hall–Kier alpha value is -2.10. The molecule has 20 heavy (non-hydrogen) atoms. The Morgan fingerprint density at radius 1 is 1.15 bits per heavy atom. The summed E-state index contributed by atoms with van der Waals surface area (Å²) in [4.78, 5) is 16.1. The molecule has 1 heterocycles. The summed E-state index contributed by atoms with van der Waals surface area (Å²) in [7, 11) is 0. The highest BCUT2D eigenvalue weighted by molar-refractivity contribution is 5.92. The average Bonchev–Trinajstić information content (AvgIpc) is 2.80. The van der Waals surface area contributed by atoms with Crippen LogP contribution in [0.4, 0.5) is 0 Å². The number of aryl methyl sites for hydroxylation is 4. The molecule has 2 rings (SSSR count). The van der Waals surface area contributed by atoms with E-state index in [0.717, 1.165) is 5.56 Å². The molecule has 0 fully saturated rings. The maximum atomic E-state index is 12.1. The second-order valence-electron chi connectivity index (χ2n) is 5.24. The standard InChI is InChI=1S/C16H20N2O2/c1-9-6-11(3)14(7-10(9)2)12(4)17-16(19)15-8-20-13(5)18-15/h6-8,12H,1-5H3,(H,17,19)/t12-/m1/s1. The lowest BCUT2D eigenvalue weighted by atomic mass is 9.96. The third-order valence-corrected chi connectivity index (χ3v) is 3.55. The van der Waals surface area contributed by atoms with Crippen LogP contribution >= 0.6 is 0 Å². The lowest BCUT2D eigenvalue weighted by Crippen LogP contribution is -2.27. The first kappa shape index (κ1) is 14.3. The second kappa shape index (κ2) is 5.49. The quantitative estimate of drug-likeness (QED) is 0.931. The van der Waals surface area contributed by atoms with Crippen molar-refractivity contribution in [2.24, 2.45) is 0 Å². The summed E-state index contributed by atoms with van der Waals surface area (Å²) in [6.45, 7) is 9.92. The van der Waals surface area contributed by atoms with Gasteiger partial charge >= 0.3 is 0 Å². The van der Waals surface area contributed by atoms with Gasteiger partial charge in [0, 0.05) is 6.92 Å². The van der Waals surface area contributed by atoms with Crippen molar-refractivity contribution in [2.45, 2.75) is 40.7 Å². The van der Waals surface area contributed by atoms with Gasteiger partial charge in [0.05, 0.1) is 6.04 Å². The van der Waals surface area contributed by atoms with Gasteiger partial charge < -0.3 is 9.73 Å². The number of hydrogen-bond acceptors (Lipinski definition) is 3. The van der Waals surface area contributed by atoms with Crippen molar-refractivity contribution >= 4 is 5.91 Å². The average molecular weight is 272 g/mol. The number of nitrogens with zero attached hydrogens (tertiary/aromatic N) is 1. The van der Waals surface area contributed by atoms with Gasteiger partial charge in [-0.15, -0.1) is 0 Å². The summed E-state index contributed by atoms with van der Waals surface area (Å²) >= 11 is 0. The SMILES string of the molecule is Cc1nc(C(=O)N[C@H](C)c2cc(C)c(C)cc2C)co1. The molecule has 1 N–H and O–H groups in total. The molecule has 2 aromatic rings. The topological polar surface area (TPSA) is 55.1 Å². The summed E-state index contributed by atoms with van der Waals surface area (Å²) in [6.07, 6.45) is 1.38. The van der Waals surface area contributed by atoms with E-state index in [1.54, 1.807) is 6.92 Å². The van der Waals surface area contributed by atoms with Crippen LogP contribution in [-0.2, 0) is 0 Å². The fourth-order valence-corrected chi connectivity index (χ4v) is 2.27. The van der Waals surface area contributed by atoms with E-state index in [0.29, 0.717) is 11.6 Å². The van der Waals surface area contributed by atoms with Crippen LogP contribution < -0.4 is 5.32 Å². The third-order valence-electron chi connectivity index (χ3n) is 3.55. The van der Waals surface area contributed by atoms with Gasteiger partial charge in [-0.2, -0.15) is 0 Å². The predicted molar refractivity (Wildman–Crippen MR) is 77.8 cm³/mol. The fourth-order valence-electron chi connectivity index (χ4n) is 2.27. The Labute approximate surface area is 119 Å². The van der Waals surface area contributed by atoms with Gasteiger partial charge in [-0.25, -0.2) is 4.98 Å². The van der Waals surface area contributed by atoms with Crippen LogP contribution in [0.15, 0.2) is 22.8 Å². The van der Waals surface area contributed by atoms with Gasteiger partial charge in [-0.1, -0.05) is 12.1 Å². The van der Waals surface area contributed by atoms with E-state index >= 15 is 0 Å². The largest absolute Gasteiger partial charge is 0.448 e. The van der Waals surface area contributed by atoms with Crippen LogP contribution in [0.25, 0.3) is 0 Å². The maximum Gasteiger partial charge on any atom is 0.273 e. The van der Waals surface area contributed by atoms with Crippen LogP contribution in [-0.4, -0.2) is 10.9 Å². The van der Waals surface area contributed by atoms with Gasteiger partial charge in [0.2, 0.25) is 0 Å². The maximum absolute atomic E-state index is 12.1. The molecule has 0 unspecified atom stereocenters. The molecule has 0 spiro atoms. The molecule has 0 aliphatic heterocycles. The molecule has 4 heteroatoms. The van der Waals surface area contributed by atoms with Crippen LogP contribution in [0.1, 0.15) is 51.6 Å². The number of oxazole rings is 1. The van der Waals surface area contributed by atoms with Crippen molar-refractivity contribution in [1.29, 1.82) is 0 Å². The molecular formula is C16H20N2O2. The number of amides is 1. The van der Waals surface area contributed by atoms with Crippen molar-refractivity contribution in [3.63, 3.8) is 0 Å². The van der Waals surface area contributed by atoms with Crippen LogP contribution in [0.5, 0.6) is 0 Å². The van der Waals surface area contributed by atoms with Crippen LogP contribution in [0.2, 0.25) is 0 Å². The number of aromatic nitrogens is 1. The Balaban J connectivity index is 2.18. The van der Waals surface area contributed by atoms with Gasteiger partial charge in [-0.3, -0.25) is 4.79 Å². The van der Waals surface area contributed by atoms with Crippen molar-refractivity contribution in [2.75, 3.05) is 0 Å². The minimum Gasteiger partial charge on any atom is -0.448 e. The van der Waals surface area contributed by atoms with Crippen LogP contribution in [0.3, 0.4) is 0 Å². The number of hydrogen-bond donors (Lipinski definition) is 1. The van der Waals surface area contributed by atoms with E-state index in [4.69, 9.17) is 4.42 Å². The highest BCUT2D eigenvalue weighted by Gasteiger charge is 2.16. The highest BCUT2D eigenvalue weighted by Crippen LogP contribution is 2.21. The van der Waals surface area contributed by atoms with E-state index in [9.17, 15) is 4.79 Å². The molecule has 1 aromatic heterocycles. The number of carbonyl (C=O) groups is 1. The zero-order valence-electron chi connectivity index (χ0n) is 12.6. The first-order valence-electron chi connectivity index (χ1n) is 6.69. The molecule has 0 saturated carbocycles. The lowest BCUT2D eigenvalue weighted by Gasteiger charge is -2.17. The van der Waals surface area contributed by atoms with Crippen molar-refractivity contribution in [3.05, 3.63) is 52.2 Å². The lowest BCUT2D eigenvalue weighted by molar-refractivity contribution is 0.0934. The first-order valence-corrected chi connectivity index (χ1v) is 6.69. The molecule has 1 aromatic carbocycles. The summed E-state index contributed by atoms with van der Waals surface area (Å²) in [5, 5.41) is 2.95. The molecule has 0 aliphatic carbocycles. The van der Waals surface area contributed by atoms with Crippen molar-refractivity contribution in [1.82, 2.24) is 10.3 Å². The molecule has 106 valence electrons. The van der Waals surface area contributed by atoms with E-state index in [2.05, 4.69) is 43.2 Å². The predicted octanol–water partition coefficient (Wildman–Crippen LogP) is 3.40. The van der Waals surface area contributed by atoms with E-state index in [-0.39, 0.29) is 11.9 Å². The Morgan fingerprint density at radius 2 is 1.80 bits per heavy atom. The number of carbonyl (C=O) groups excluding carboxylic acids is 1. The Morgan fingerprint density at radius 3 is 2.40 bits per heavy atom. The number of rotatable bonds is 3. The zero-order valence-corrected chi connectivity index (χ0v) is 12.6. The molecule has 1 amide bonds. The van der Waals surface area contributed by atoms with Gasteiger partial charge in [0.25, 0.3) is 5.91 Å². The van der Waals surface area contributed by atoms with E-state index in [1.165, 1.54) is 23.0 Å². The van der Waals surface area contributed by atoms with E-state index in [1.807, 2.05) is 6.92 Å². The molecule has 0 bridgehead atoms. The van der Waals surface area contributed by atoms with Gasteiger partial charge in [-0.05, 0) is 49.9 Å². The molecule has 0 aliphatic rings. The fraction of sp³-hybridized carbons (Fsp3) is 0.375. The third kappa shape index (κ3) is 2.90. The smallest absolute Gasteiger partial charge is 0.273 e. The molecule has 1 atom stereocenters. The summed E-state index contributed by atoms with van der Waals surface area (Å²) in [5.74, 6) is 0.275. The minimum atomic E-state index is -0.216. The highest BCUT2D eigenvalue weighted by atomic mass is 16.3. The molecule has 4 nitrogen and oxygen atoms in total. The molecule has 0 saturated heterocycles. The summed E-state index contributed by atoms with van der Waals surface area (Å²) < 4.78 is 5.06. The minimum absolute atomic E-state index is 0.0705. The summed E-state index contributed by atoms with van der Waals surface area (Å²) in [6, 6.07) is 4.20. The second-order valence-corrected chi connectivity index (χ2v) is 5.24. The number of benzene rings is 1. The summed E-state index contributed by atoms with van der Waals surface area (Å²) in [5.41, 5.74) is 5.11. The zero-order chi connectivity index (χ0) is 14.9. The van der Waals surface area contributed by atoms with Crippen LogP contribution in [0, 0.1) is 27.7 Å². The number of nitrogens with one attached hydrogen (secondary N) is 1. The normalized spacial score (nSPS) is 12.2. The monoisotopic (exact) mass is 272 g/mol. The van der Waals surface area contributed by atoms with Crippen molar-refractivity contribution < 1.29 is 9.21 Å². The van der Waals surface area contributed by atoms with Gasteiger partial charge in [0.15, 0.2) is 11.6 Å². The van der Waals surface area contributed by atoms with E-state index < -0.39 is 0 Å². The van der Waals surface area contributed by atoms with Gasteiger partial charge in [0.1, 0.15) is 6.26 Å². The van der Waals surface area contributed by atoms with Crippen molar-refractivity contribution in [3.8, 4) is 0 Å². The molecular weight excluding hydrogens is 252 g/mol. The Bertz CT molecular complexity index is 644. The Kier molecular flexibility index (Phi) is 3.93.